The van der Waals surface area contributed by atoms with Gasteiger partial charge in [-0.25, -0.2) is 19.2 Å². The minimum absolute atomic E-state index is 0.202. The Balaban J connectivity index is 1.48. The fourth-order valence-corrected chi connectivity index (χ4v) is 5.38. The van der Waals surface area contributed by atoms with E-state index >= 15 is 0 Å². The highest BCUT2D eigenvalue weighted by Crippen LogP contribution is 2.22. The number of carbonyl (C=O) groups excluding carboxylic acids is 2. The molecule has 0 spiro atoms. The zero-order valence-electron chi connectivity index (χ0n) is 17.6. The highest BCUT2D eigenvalue weighted by molar-refractivity contribution is 7.93. The average molecular weight is 445 g/mol. The zero-order chi connectivity index (χ0) is 22.2. The van der Waals surface area contributed by atoms with E-state index in [1.54, 1.807) is 28.9 Å². The average Bonchev–Trinajstić information content (AvgIpc) is 3.40. The van der Waals surface area contributed by atoms with Gasteiger partial charge in [0.25, 0.3) is 11.8 Å². The first-order valence-corrected chi connectivity index (χ1v) is 12.0. The first-order valence-electron chi connectivity index (χ1n) is 10.0. The van der Waals surface area contributed by atoms with Gasteiger partial charge in [-0.1, -0.05) is 6.92 Å². The van der Waals surface area contributed by atoms with Gasteiger partial charge in [0, 0.05) is 44.3 Å². The summed E-state index contributed by atoms with van der Waals surface area (Å²) < 4.78 is 24.3. The molecule has 0 radical (unpaired) electrons. The number of amides is 2. The quantitative estimate of drug-likeness (QED) is 0.603. The van der Waals surface area contributed by atoms with Crippen molar-refractivity contribution in [2.24, 2.45) is 11.4 Å². The minimum atomic E-state index is -2.81. The van der Waals surface area contributed by atoms with Crippen molar-refractivity contribution < 1.29 is 18.2 Å². The number of oxazole rings is 1. The molecule has 3 aromatic rings. The third kappa shape index (κ3) is 4.09. The molecule has 164 valence electrons. The number of rotatable bonds is 4. The number of piperidine rings is 1. The number of nitrogens with zero attached hydrogens (tertiary/aromatic N) is 6. The van der Waals surface area contributed by atoms with E-state index in [4.69, 9.17) is 4.42 Å². The van der Waals surface area contributed by atoms with Crippen LogP contribution < -0.4 is 0 Å². The normalized spacial score (nSPS) is 16.9. The van der Waals surface area contributed by atoms with Crippen molar-refractivity contribution in [1.82, 2.24) is 24.4 Å². The summed E-state index contributed by atoms with van der Waals surface area (Å²) in [6, 6.07) is 1.54. The summed E-state index contributed by atoms with van der Waals surface area (Å²) in [5, 5.41) is -0.287. The van der Waals surface area contributed by atoms with Gasteiger partial charge < -0.3 is 13.9 Å². The standard InChI is InChI=1S/C20H24N6O4S/c1-4-16-23-15(11-30-16)20(28)26-9-6-13(7-10-26)31(3,29)24-19(27)14-5-8-21-18-17(14)22-12-25(18)2/h5,8,11-13H,4,6-7,9-10H2,1-3H3. The molecule has 1 aliphatic rings. The second kappa shape index (κ2) is 8.22. The van der Waals surface area contributed by atoms with Crippen molar-refractivity contribution in [2.45, 2.75) is 31.4 Å². The lowest BCUT2D eigenvalue weighted by molar-refractivity contribution is 0.0720. The third-order valence-corrected chi connectivity index (χ3v) is 7.75. The summed E-state index contributed by atoms with van der Waals surface area (Å²) in [6.07, 6.45) is 7.57. The van der Waals surface area contributed by atoms with Gasteiger partial charge in [-0.2, -0.15) is 4.36 Å². The van der Waals surface area contributed by atoms with E-state index in [1.165, 1.54) is 18.7 Å². The highest BCUT2D eigenvalue weighted by atomic mass is 32.2. The first kappa shape index (κ1) is 21.2. The van der Waals surface area contributed by atoms with Gasteiger partial charge in [-0.3, -0.25) is 9.59 Å². The van der Waals surface area contributed by atoms with Gasteiger partial charge >= 0.3 is 0 Å². The van der Waals surface area contributed by atoms with E-state index < -0.39 is 15.6 Å². The molecule has 1 saturated heterocycles. The molecule has 0 saturated carbocycles. The second-order valence-corrected chi connectivity index (χ2v) is 10.2. The van der Waals surface area contributed by atoms with Crippen LogP contribution in [0, 0.1) is 0 Å². The molecule has 1 atom stereocenters. The molecule has 3 aromatic heterocycles. The van der Waals surface area contributed by atoms with Crippen LogP contribution in [-0.2, 0) is 23.2 Å². The minimum Gasteiger partial charge on any atom is -0.448 e. The summed E-state index contributed by atoms with van der Waals surface area (Å²) in [4.78, 5) is 39.7. The number of carbonyl (C=O) groups is 2. The number of likely N-dealkylation sites (tertiary alicyclic amines) is 1. The number of aryl methyl sites for hydroxylation is 2. The molecule has 2 amide bonds. The van der Waals surface area contributed by atoms with Crippen molar-refractivity contribution in [3.8, 4) is 0 Å². The van der Waals surface area contributed by atoms with Crippen LogP contribution in [0.25, 0.3) is 11.2 Å². The summed E-state index contributed by atoms with van der Waals surface area (Å²) in [5.74, 6) is -0.246. The number of hydrogen-bond acceptors (Lipinski definition) is 7. The van der Waals surface area contributed by atoms with Crippen molar-refractivity contribution in [1.29, 1.82) is 0 Å². The number of aromatic nitrogens is 4. The Morgan fingerprint density at radius 2 is 2.03 bits per heavy atom. The van der Waals surface area contributed by atoms with Crippen LogP contribution in [-0.4, -0.2) is 65.0 Å². The van der Waals surface area contributed by atoms with E-state index in [2.05, 4.69) is 19.3 Å². The maximum atomic E-state index is 13.3. The maximum Gasteiger partial charge on any atom is 0.287 e. The first-order chi connectivity index (χ1) is 14.8. The Morgan fingerprint density at radius 3 is 2.71 bits per heavy atom. The third-order valence-electron chi connectivity index (χ3n) is 5.51. The Bertz CT molecular complexity index is 1260. The molecule has 4 rings (SSSR count). The van der Waals surface area contributed by atoms with Crippen LogP contribution in [0.3, 0.4) is 0 Å². The van der Waals surface area contributed by atoms with Crippen molar-refractivity contribution >= 4 is 32.7 Å². The maximum absolute atomic E-state index is 13.3. The van der Waals surface area contributed by atoms with Crippen LogP contribution in [0.1, 0.15) is 46.5 Å². The molecule has 10 nitrogen and oxygen atoms in total. The van der Waals surface area contributed by atoms with Gasteiger partial charge in [0.05, 0.1) is 21.6 Å². The molecule has 4 heterocycles. The molecule has 1 unspecified atom stereocenters. The van der Waals surface area contributed by atoms with Crippen LogP contribution in [0.4, 0.5) is 0 Å². The topological polar surface area (TPSA) is 124 Å². The molecule has 11 heteroatoms. The fourth-order valence-electron chi connectivity index (χ4n) is 3.72. The summed E-state index contributed by atoms with van der Waals surface area (Å²) in [7, 11) is -1.02. The lowest BCUT2D eigenvalue weighted by Gasteiger charge is -2.31. The second-order valence-electron chi connectivity index (χ2n) is 7.62. The number of pyridine rings is 1. The highest BCUT2D eigenvalue weighted by Gasteiger charge is 2.30. The van der Waals surface area contributed by atoms with Crippen LogP contribution in [0.2, 0.25) is 0 Å². The predicted octanol–water partition coefficient (Wildman–Crippen LogP) is 2.06. The molecule has 1 fully saturated rings. The summed E-state index contributed by atoms with van der Waals surface area (Å²) >= 11 is 0. The van der Waals surface area contributed by atoms with Crippen molar-refractivity contribution in [3.63, 3.8) is 0 Å². The van der Waals surface area contributed by atoms with Crippen LogP contribution >= 0.6 is 0 Å². The van der Waals surface area contributed by atoms with E-state index in [0.29, 0.717) is 49.4 Å². The van der Waals surface area contributed by atoms with E-state index in [-0.39, 0.29) is 22.4 Å². The van der Waals surface area contributed by atoms with Crippen LogP contribution in [0.15, 0.2) is 33.6 Å². The molecular weight excluding hydrogens is 420 g/mol. The Kier molecular flexibility index (Phi) is 5.61. The Labute approximate surface area is 179 Å². The van der Waals surface area contributed by atoms with E-state index in [9.17, 15) is 13.8 Å². The van der Waals surface area contributed by atoms with Crippen molar-refractivity contribution in [2.75, 3.05) is 19.3 Å². The molecule has 31 heavy (non-hydrogen) atoms. The lowest BCUT2D eigenvalue weighted by atomic mass is 10.1. The lowest BCUT2D eigenvalue weighted by Crippen LogP contribution is -2.42. The molecule has 0 N–H and O–H groups in total. The molecule has 0 aromatic carbocycles. The SMILES string of the molecule is CCc1nc(C(=O)N2CCC(S(C)(=O)=NC(=O)c3ccnc4c3ncn4C)CC2)co1. The van der Waals surface area contributed by atoms with Gasteiger partial charge in [0.2, 0.25) is 0 Å². The fraction of sp³-hybridized carbons (Fsp3) is 0.450. The van der Waals surface area contributed by atoms with Gasteiger partial charge in [0.15, 0.2) is 17.2 Å². The number of hydrogen-bond donors (Lipinski definition) is 0. The number of imidazole rings is 1. The Hall–Kier alpha value is -3.08. The number of fused-ring (bicyclic) bond motifs is 1. The predicted molar refractivity (Wildman–Crippen MR) is 114 cm³/mol. The smallest absolute Gasteiger partial charge is 0.287 e. The molecular formula is C20H24N6O4S. The van der Waals surface area contributed by atoms with Crippen molar-refractivity contribution in [3.05, 3.63) is 42.0 Å². The Morgan fingerprint density at radius 1 is 1.29 bits per heavy atom. The summed E-state index contributed by atoms with van der Waals surface area (Å²) in [6.45, 7) is 2.75. The van der Waals surface area contributed by atoms with Gasteiger partial charge in [-0.05, 0) is 18.9 Å². The van der Waals surface area contributed by atoms with Gasteiger partial charge in [-0.15, -0.1) is 0 Å². The van der Waals surface area contributed by atoms with E-state index in [0.717, 1.165) is 0 Å². The largest absolute Gasteiger partial charge is 0.448 e. The van der Waals surface area contributed by atoms with E-state index in [1.807, 2.05) is 6.92 Å². The monoisotopic (exact) mass is 444 g/mol. The van der Waals surface area contributed by atoms with Gasteiger partial charge in [0.1, 0.15) is 11.8 Å². The zero-order valence-corrected chi connectivity index (χ0v) is 18.5. The van der Waals surface area contributed by atoms with Crippen LogP contribution in [0.5, 0.6) is 0 Å². The molecule has 0 aliphatic carbocycles. The summed E-state index contributed by atoms with van der Waals surface area (Å²) in [5.41, 5.74) is 1.57. The molecule has 1 aliphatic heterocycles. The molecule has 0 bridgehead atoms.